The number of likely N-dealkylation sites (tertiary alicyclic amines) is 1. The summed E-state index contributed by atoms with van der Waals surface area (Å²) in [5.41, 5.74) is 1.60. The molecule has 0 radical (unpaired) electrons. The number of amides is 1. The van der Waals surface area contributed by atoms with Crippen molar-refractivity contribution in [2.75, 3.05) is 18.9 Å². The number of hydrogen-bond donors (Lipinski definition) is 1. The fourth-order valence-electron chi connectivity index (χ4n) is 3.19. The third-order valence-electron chi connectivity index (χ3n) is 4.91. The second-order valence-corrected chi connectivity index (χ2v) is 9.18. The Bertz CT molecular complexity index is 1230. The number of aromatic nitrogens is 2. The fourth-order valence-corrected chi connectivity index (χ4v) is 4.41. The smallest absolute Gasteiger partial charge is 0.283 e. The average Bonchev–Trinajstić information content (AvgIpc) is 3.39. The third kappa shape index (κ3) is 4.78. The van der Waals surface area contributed by atoms with Crippen LogP contribution in [0.3, 0.4) is 0 Å². The van der Waals surface area contributed by atoms with E-state index in [0.717, 1.165) is 18.7 Å². The van der Waals surface area contributed by atoms with E-state index < -0.39 is 10.0 Å². The van der Waals surface area contributed by atoms with Crippen LogP contribution in [0.5, 0.6) is 0 Å². The van der Waals surface area contributed by atoms with Gasteiger partial charge in [0.25, 0.3) is 15.9 Å². The molecule has 1 aromatic heterocycles. The van der Waals surface area contributed by atoms with Gasteiger partial charge in [-0.25, -0.2) is 4.68 Å². The summed E-state index contributed by atoms with van der Waals surface area (Å²) in [6.07, 6.45) is 4.60. The molecule has 0 bridgehead atoms. The Labute approximate surface area is 185 Å². The lowest BCUT2D eigenvalue weighted by atomic mass is 10.3. The maximum Gasteiger partial charge on any atom is 0.283 e. The number of sulfonamides is 1. The predicted molar refractivity (Wildman–Crippen MR) is 119 cm³/mol. The minimum atomic E-state index is -3.79. The molecule has 0 spiro atoms. The summed E-state index contributed by atoms with van der Waals surface area (Å²) in [5, 5.41) is 7.55. The molecule has 1 aliphatic heterocycles. The Morgan fingerprint density at radius 3 is 2.48 bits per heavy atom. The third-order valence-corrected chi connectivity index (χ3v) is 6.48. The molecule has 1 fully saturated rings. The maximum absolute atomic E-state index is 12.5. The van der Waals surface area contributed by atoms with E-state index in [9.17, 15) is 13.2 Å². The van der Waals surface area contributed by atoms with Gasteiger partial charge in [-0.05, 0) is 55.0 Å². The van der Waals surface area contributed by atoms with Gasteiger partial charge in [0, 0.05) is 36.9 Å². The molecular formula is C21H20ClN5O3S. The highest BCUT2D eigenvalue weighted by Gasteiger charge is 2.20. The Morgan fingerprint density at radius 2 is 1.84 bits per heavy atom. The first kappa shape index (κ1) is 21.1. The summed E-state index contributed by atoms with van der Waals surface area (Å²) in [6, 6.07) is 13.0. The number of anilines is 1. The van der Waals surface area contributed by atoms with Crippen LogP contribution in [-0.4, -0.2) is 48.4 Å². The Morgan fingerprint density at radius 1 is 1.13 bits per heavy atom. The minimum Gasteiger partial charge on any atom is -0.362 e. The van der Waals surface area contributed by atoms with Crippen molar-refractivity contribution in [2.24, 2.45) is 4.40 Å². The molecule has 1 aliphatic rings. The van der Waals surface area contributed by atoms with Gasteiger partial charge in [0.1, 0.15) is 5.84 Å². The SMILES string of the molecule is CN1CCC/C1=N\S(=O)(=O)c1ccc(NC(=O)c2cnn(-c3ccc(Cl)cc3)c2)cc1. The molecule has 10 heteroatoms. The summed E-state index contributed by atoms with van der Waals surface area (Å²) in [5.74, 6) is 0.207. The molecule has 1 N–H and O–H groups in total. The van der Waals surface area contributed by atoms with Crippen molar-refractivity contribution in [1.29, 1.82) is 0 Å². The van der Waals surface area contributed by atoms with Crippen LogP contribution in [0.4, 0.5) is 5.69 Å². The van der Waals surface area contributed by atoms with Gasteiger partial charge in [-0.3, -0.25) is 4.79 Å². The predicted octanol–water partition coefficient (Wildman–Crippen LogP) is 3.59. The lowest BCUT2D eigenvalue weighted by Crippen LogP contribution is -2.20. The van der Waals surface area contributed by atoms with E-state index in [2.05, 4.69) is 14.8 Å². The van der Waals surface area contributed by atoms with Crippen LogP contribution in [0.2, 0.25) is 5.02 Å². The quantitative estimate of drug-likeness (QED) is 0.631. The van der Waals surface area contributed by atoms with Gasteiger partial charge in [-0.2, -0.15) is 13.5 Å². The molecule has 4 rings (SSSR count). The molecule has 0 saturated carbocycles. The Hall–Kier alpha value is -3.17. The van der Waals surface area contributed by atoms with Gasteiger partial charge in [-0.1, -0.05) is 11.6 Å². The molecule has 0 unspecified atom stereocenters. The molecule has 8 nitrogen and oxygen atoms in total. The van der Waals surface area contributed by atoms with Crippen LogP contribution < -0.4 is 5.32 Å². The molecule has 160 valence electrons. The highest BCUT2D eigenvalue weighted by atomic mass is 35.5. The van der Waals surface area contributed by atoms with Gasteiger partial charge in [0.2, 0.25) is 0 Å². The molecule has 31 heavy (non-hydrogen) atoms. The van der Waals surface area contributed by atoms with Crippen LogP contribution in [0.15, 0.2) is 70.2 Å². The monoisotopic (exact) mass is 457 g/mol. The molecule has 2 aromatic carbocycles. The van der Waals surface area contributed by atoms with Gasteiger partial charge < -0.3 is 10.2 Å². The summed E-state index contributed by atoms with van der Waals surface area (Å²) in [7, 11) is -1.97. The van der Waals surface area contributed by atoms with E-state index in [0.29, 0.717) is 28.5 Å². The van der Waals surface area contributed by atoms with Crippen LogP contribution in [0.25, 0.3) is 5.69 Å². The number of rotatable bonds is 5. The Kier molecular flexibility index (Phi) is 5.79. The first-order valence-corrected chi connectivity index (χ1v) is 11.4. The van der Waals surface area contributed by atoms with Crippen LogP contribution >= 0.6 is 11.6 Å². The lowest BCUT2D eigenvalue weighted by Gasteiger charge is -2.11. The summed E-state index contributed by atoms with van der Waals surface area (Å²) < 4.78 is 30.6. The van der Waals surface area contributed by atoms with Crippen molar-refractivity contribution in [3.63, 3.8) is 0 Å². The largest absolute Gasteiger partial charge is 0.362 e. The highest BCUT2D eigenvalue weighted by molar-refractivity contribution is 7.90. The summed E-state index contributed by atoms with van der Waals surface area (Å²) in [6.45, 7) is 0.800. The average molecular weight is 458 g/mol. The van der Waals surface area contributed by atoms with Gasteiger partial charge in [0.05, 0.1) is 22.3 Å². The summed E-state index contributed by atoms with van der Waals surface area (Å²) >= 11 is 5.89. The first-order chi connectivity index (χ1) is 14.8. The van der Waals surface area contributed by atoms with E-state index in [-0.39, 0.29) is 10.8 Å². The van der Waals surface area contributed by atoms with Crippen molar-refractivity contribution >= 4 is 39.1 Å². The lowest BCUT2D eigenvalue weighted by molar-refractivity contribution is 0.102. The van der Waals surface area contributed by atoms with Gasteiger partial charge in [0.15, 0.2) is 0 Å². The number of carbonyl (C=O) groups is 1. The number of nitrogens with one attached hydrogen (secondary N) is 1. The topological polar surface area (TPSA) is 96.7 Å². The number of carbonyl (C=O) groups excluding carboxylic acids is 1. The van der Waals surface area contributed by atoms with Crippen molar-refractivity contribution in [3.05, 3.63) is 71.5 Å². The molecule has 2 heterocycles. The van der Waals surface area contributed by atoms with Gasteiger partial charge >= 0.3 is 0 Å². The van der Waals surface area contributed by atoms with E-state index in [1.165, 1.54) is 30.5 Å². The second kappa shape index (κ2) is 8.52. The normalized spacial score (nSPS) is 15.4. The molecular weight excluding hydrogens is 438 g/mol. The molecule has 1 saturated heterocycles. The van der Waals surface area contributed by atoms with Crippen LogP contribution in [0, 0.1) is 0 Å². The number of halogens is 1. The number of benzene rings is 2. The molecule has 3 aromatic rings. The van der Waals surface area contributed by atoms with Crippen LogP contribution in [-0.2, 0) is 10.0 Å². The van der Waals surface area contributed by atoms with Crippen LogP contribution in [0.1, 0.15) is 23.2 Å². The zero-order chi connectivity index (χ0) is 22.0. The van der Waals surface area contributed by atoms with E-state index in [1.807, 2.05) is 11.9 Å². The van der Waals surface area contributed by atoms with E-state index in [1.54, 1.807) is 35.1 Å². The fraction of sp³-hybridized carbons (Fsp3) is 0.190. The zero-order valence-corrected chi connectivity index (χ0v) is 18.3. The van der Waals surface area contributed by atoms with Crippen molar-refractivity contribution in [3.8, 4) is 5.69 Å². The molecule has 1 amide bonds. The minimum absolute atomic E-state index is 0.0776. The maximum atomic E-state index is 12.5. The van der Waals surface area contributed by atoms with Crippen molar-refractivity contribution in [2.45, 2.75) is 17.7 Å². The highest BCUT2D eigenvalue weighted by Crippen LogP contribution is 2.20. The zero-order valence-electron chi connectivity index (χ0n) is 16.7. The van der Waals surface area contributed by atoms with Crippen molar-refractivity contribution < 1.29 is 13.2 Å². The van der Waals surface area contributed by atoms with E-state index >= 15 is 0 Å². The van der Waals surface area contributed by atoms with Crippen molar-refractivity contribution in [1.82, 2.24) is 14.7 Å². The standard InChI is InChI=1S/C21H20ClN5O3S/c1-26-12-2-3-20(26)25-31(29,30)19-10-6-17(7-11-19)24-21(28)15-13-23-27(14-15)18-8-4-16(22)5-9-18/h4-11,13-14H,2-3,12H2,1H3,(H,24,28)/b25-20+. The number of hydrogen-bond acceptors (Lipinski definition) is 4. The van der Waals surface area contributed by atoms with E-state index in [4.69, 9.17) is 11.6 Å². The molecule has 0 atom stereocenters. The second-order valence-electron chi connectivity index (χ2n) is 7.14. The molecule has 0 aliphatic carbocycles. The van der Waals surface area contributed by atoms with Gasteiger partial charge in [-0.15, -0.1) is 4.40 Å². The number of amidine groups is 1. The summed E-state index contributed by atoms with van der Waals surface area (Å²) in [4.78, 5) is 14.5. The first-order valence-electron chi connectivity index (χ1n) is 9.59. The number of nitrogens with zero attached hydrogens (tertiary/aromatic N) is 4. The Balaban J connectivity index is 1.45.